The second-order valence-electron chi connectivity index (χ2n) is 10.8. The van der Waals surface area contributed by atoms with E-state index in [0.717, 1.165) is 27.8 Å². The van der Waals surface area contributed by atoms with Crippen molar-refractivity contribution in [2.75, 3.05) is 11.9 Å². The number of esters is 1. The molecule has 1 atom stereocenters. The van der Waals surface area contributed by atoms with Gasteiger partial charge < -0.3 is 15.0 Å². The van der Waals surface area contributed by atoms with E-state index in [2.05, 4.69) is 15.3 Å². The molecule has 7 nitrogen and oxygen atoms in total. The minimum atomic E-state index is -1.06. The van der Waals surface area contributed by atoms with Gasteiger partial charge in [0.2, 0.25) is 0 Å². The number of benzene rings is 2. The lowest BCUT2D eigenvalue weighted by Gasteiger charge is -2.23. The summed E-state index contributed by atoms with van der Waals surface area (Å²) in [5.74, 6) is -1.77. The van der Waals surface area contributed by atoms with E-state index in [-0.39, 0.29) is 18.1 Å². The number of ketones is 1. The van der Waals surface area contributed by atoms with E-state index in [1.807, 2.05) is 24.3 Å². The summed E-state index contributed by atoms with van der Waals surface area (Å²) in [5.41, 5.74) is 4.32. The molecule has 3 heterocycles. The molecule has 0 fully saturated rings. The average Bonchev–Trinajstić information content (AvgIpc) is 3.30. The number of hydrogen-bond donors (Lipinski definition) is 2. The normalized spacial score (nSPS) is 12.2. The topological polar surface area (TPSA) is 97.0 Å². The molecule has 0 aliphatic carbocycles. The number of Topliss-reactive ketones (excluding diaryl/α,β-unsaturated/α-hetero) is 1. The average molecular weight is 551 g/mol. The van der Waals surface area contributed by atoms with Crippen LogP contribution in [0.25, 0.3) is 22.2 Å². The molecule has 5 rings (SSSR count). The van der Waals surface area contributed by atoms with Crippen molar-refractivity contribution < 1.29 is 18.7 Å². The van der Waals surface area contributed by atoms with Crippen LogP contribution in [0.2, 0.25) is 0 Å². The largest absolute Gasteiger partial charge is 0.459 e. The summed E-state index contributed by atoms with van der Waals surface area (Å²) in [7, 11) is 0. The van der Waals surface area contributed by atoms with Crippen molar-refractivity contribution >= 4 is 28.6 Å². The van der Waals surface area contributed by atoms with Crippen molar-refractivity contribution in [3.8, 4) is 11.1 Å². The van der Waals surface area contributed by atoms with Crippen LogP contribution in [0.3, 0.4) is 0 Å². The molecule has 0 unspecified atom stereocenters. The molecular formula is C33H31FN4O3. The lowest BCUT2D eigenvalue weighted by molar-refractivity contribution is -0.158. The van der Waals surface area contributed by atoms with Crippen LogP contribution in [-0.4, -0.2) is 38.9 Å². The Morgan fingerprint density at radius 3 is 2.34 bits per heavy atom. The number of pyridine rings is 2. The van der Waals surface area contributed by atoms with Crippen molar-refractivity contribution in [1.82, 2.24) is 15.0 Å². The number of halogens is 1. The molecule has 41 heavy (non-hydrogen) atoms. The third kappa shape index (κ3) is 6.66. The van der Waals surface area contributed by atoms with Gasteiger partial charge in [-0.25, -0.2) is 9.37 Å². The zero-order valence-corrected chi connectivity index (χ0v) is 23.1. The maximum absolute atomic E-state index is 13.5. The molecule has 0 radical (unpaired) electrons. The van der Waals surface area contributed by atoms with Gasteiger partial charge in [0.05, 0.1) is 6.54 Å². The van der Waals surface area contributed by atoms with Gasteiger partial charge in [0.1, 0.15) is 28.8 Å². The van der Waals surface area contributed by atoms with E-state index < -0.39 is 17.5 Å². The number of carbonyl (C=O) groups excluding carboxylic acids is 2. The Hall–Kier alpha value is -4.85. The number of aromatic amines is 1. The molecule has 208 valence electrons. The fourth-order valence-corrected chi connectivity index (χ4v) is 4.75. The van der Waals surface area contributed by atoms with Crippen molar-refractivity contribution in [2.45, 2.75) is 38.7 Å². The first-order valence-corrected chi connectivity index (χ1v) is 13.4. The molecule has 3 aromatic heterocycles. The lowest BCUT2D eigenvalue weighted by Crippen LogP contribution is -2.34. The van der Waals surface area contributed by atoms with Gasteiger partial charge in [0.25, 0.3) is 0 Å². The highest BCUT2D eigenvalue weighted by Gasteiger charge is 2.32. The van der Waals surface area contributed by atoms with Gasteiger partial charge in [-0.05, 0) is 73.9 Å². The number of hydrogen-bond acceptors (Lipinski definition) is 6. The molecule has 0 aliphatic rings. The summed E-state index contributed by atoms with van der Waals surface area (Å²) in [6, 6.07) is 22.9. The first kappa shape index (κ1) is 27.7. The predicted octanol–water partition coefficient (Wildman–Crippen LogP) is 6.46. The monoisotopic (exact) mass is 550 g/mol. The molecule has 2 N–H and O–H groups in total. The third-order valence-electron chi connectivity index (χ3n) is 6.54. The number of nitrogens with one attached hydrogen (secondary N) is 2. The smallest absolute Gasteiger partial charge is 0.321 e. The predicted molar refractivity (Wildman–Crippen MR) is 157 cm³/mol. The van der Waals surface area contributed by atoms with E-state index in [4.69, 9.17) is 9.72 Å². The van der Waals surface area contributed by atoms with Crippen LogP contribution in [-0.2, 0) is 20.7 Å². The number of carbonyl (C=O) groups is 2. The number of fused-ring (bicyclic) bond motifs is 1. The summed E-state index contributed by atoms with van der Waals surface area (Å²) in [6.45, 7) is 5.21. The van der Waals surface area contributed by atoms with Gasteiger partial charge in [-0.2, -0.15) is 0 Å². The lowest BCUT2D eigenvalue weighted by atomic mass is 9.94. The number of rotatable bonds is 9. The molecule has 5 aromatic rings. The number of aromatic nitrogens is 3. The first-order valence-electron chi connectivity index (χ1n) is 13.4. The number of nitrogens with zero attached hydrogens (tertiary/aromatic N) is 2. The Kier molecular flexibility index (Phi) is 7.92. The zero-order chi connectivity index (χ0) is 29.0. The molecule has 0 aliphatic heterocycles. The SMILES string of the molecule is CC(C)(C)OC(=O)[C@H](C(=O)CNc1ccc2c(-c3ccncc3)c(Cc3ccc(F)cc3)[nH]c2n1)c1ccccc1. The van der Waals surface area contributed by atoms with Crippen LogP contribution in [0, 0.1) is 5.82 Å². The minimum absolute atomic E-state index is 0.113. The van der Waals surface area contributed by atoms with Crippen LogP contribution in [0.15, 0.2) is 91.3 Å². The van der Waals surface area contributed by atoms with E-state index >= 15 is 0 Å². The number of ether oxygens (including phenoxy) is 1. The maximum Gasteiger partial charge on any atom is 0.321 e. The highest BCUT2D eigenvalue weighted by Crippen LogP contribution is 2.33. The fourth-order valence-electron chi connectivity index (χ4n) is 4.75. The molecule has 0 saturated heterocycles. The zero-order valence-electron chi connectivity index (χ0n) is 23.1. The Balaban J connectivity index is 1.42. The quantitative estimate of drug-likeness (QED) is 0.161. The highest BCUT2D eigenvalue weighted by molar-refractivity contribution is 6.06. The second kappa shape index (κ2) is 11.7. The van der Waals surface area contributed by atoms with E-state index in [0.29, 0.717) is 23.4 Å². The molecule has 8 heteroatoms. The van der Waals surface area contributed by atoms with Gasteiger partial charge in [0, 0.05) is 35.5 Å². The Labute approximate surface area is 237 Å². The molecular weight excluding hydrogens is 519 g/mol. The third-order valence-corrected chi connectivity index (χ3v) is 6.54. The minimum Gasteiger partial charge on any atom is -0.459 e. The van der Waals surface area contributed by atoms with Gasteiger partial charge in [-0.15, -0.1) is 0 Å². The maximum atomic E-state index is 13.5. The van der Waals surface area contributed by atoms with E-state index in [9.17, 15) is 14.0 Å². The second-order valence-corrected chi connectivity index (χ2v) is 10.8. The van der Waals surface area contributed by atoms with Gasteiger partial charge in [-0.1, -0.05) is 42.5 Å². The Bertz CT molecular complexity index is 1660. The Morgan fingerprint density at radius 1 is 0.951 bits per heavy atom. The molecule has 0 saturated carbocycles. The van der Waals surface area contributed by atoms with Gasteiger partial charge in [0.15, 0.2) is 5.78 Å². The van der Waals surface area contributed by atoms with Crippen LogP contribution in [0.1, 0.15) is 43.5 Å². The highest BCUT2D eigenvalue weighted by atomic mass is 19.1. The van der Waals surface area contributed by atoms with Crippen LogP contribution in [0.4, 0.5) is 10.2 Å². The first-order chi connectivity index (χ1) is 19.7. The summed E-state index contributed by atoms with van der Waals surface area (Å²) in [6.07, 6.45) is 4.02. The fraction of sp³-hybridized carbons (Fsp3) is 0.212. The standard InChI is InChI=1S/C33H31FN4O3/c1-33(2,3)41-32(40)30(22-7-5-4-6-8-22)27(39)20-36-28-14-13-25-29(23-15-17-35-18-16-23)26(37-31(25)38-28)19-21-9-11-24(34)12-10-21/h4-18,30H,19-20H2,1-3H3,(H2,36,37,38)/t30-/m0/s1. The molecule has 2 aromatic carbocycles. The van der Waals surface area contributed by atoms with E-state index in [1.54, 1.807) is 75.6 Å². The summed E-state index contributed by atoms with van der Waals surface area (Å²) >= 11 is 0. The molecule has 0 bridgehead atoms. The van der Waals surface area contributed by atoms with Crippen LogP contribution < -0.4 is 5.32 Å². The van der Waals surface area contributed by atoms with Crippen LogP contribution >= 0.6 is 0 Å². The van der Waals surface area contributed by atoms with Gasteiger partial charge >= 0.3 is 5.97 Å². The molecule has 0 spiro atoms. The molecule has 0 amide bonds. The van der Waals surface area contributed by atoms with Crippen LogP contribution in [0.5, 0.6) is 0 Å². The Morgan fingerprint density at radius 2 is 1.66 bits per heavy atom. The van der Waals surface area contributed by atoms with Crippen molar-refractivity contribution in [3.05, 3.63) is 114 Å². The number of anilines is 1. The van der Waals surface area contributed by atoms with Crippen molar-refractivity contribution in [3.63, 3.8) is 0 Å². The van der Waals surface area contributed by atoms with Gasteiger partial charge in [-0.3, -0.25) is 14.6 Å². The summed E-state index contributed by atoms with van der Waals surface area (Å²) in [4.78, 5) is 38.7. The van der Waals surface area contributed by atoms with E-state index in [1.165, 1.54) is 12.1 Å². The summed E-state index contributed by atoms with van der Waals surface area (Å²) < 4.78 is 19.1. The summed E-state index contributed by atoms with van der Waals surface area (Å²) in [5, 5.41) is 3.99. The van der Waals surface area contributed by atoms with Crippen molar-refractivity contribution in [1.29, 1.82) is 0 Å². The van der Waals surface area contributed by atoms with Crippen molar-refractivity contribution in [2.24, 2.45) is 0 Å². The number of H-pyrrole nitrogens is 1.